The lowest BCUT2D eigenvalue weighted by Gasteiger charge is -2.23. The number of hydrogen-bond acceptors (Lipinski definition) is 5. The predicted molar refractivity (Wildman–Crippen MR) is 58.3 cm³/mol. The Morgan fingerprint density at radius 3 is 2.33 bits per heavy atom. The molecule has 0 atom stereocenters. The van der Waals surface area contributed by atoms with Crippen LogP contribution in [0.4, 0.5) is 24.8 Å². The molecule has 9 heteroatoms. The number of amides is 1. The molecule has 0 radical (unpaired) electrons. The van der Waals surface area contributed by atoms with Crippen molar-refractivity contribution in [3.05, 3.63) is 11.9 Å². The normalized spacial score (nSPS) is 12.3. The summed E-state index contributed by atoms with van der Waals surface area (Å²) in [5, 5.41) is 2.47. The minimum Gasteiger partial charge on any atom is -0.384 e. The standard InChI is InChI=1S/C9H12F3N5O/c1-8(2,6(14)18)17-5-3-4(13)15-7(16-5)9(10,11)12/h3H,1-2H3,(H2,14,18)(H3,13,15,16,17). The van der Waals surface area contributed by atoms with E-state index in [4.69, 9.17) is 11.5 Å². The highest BCUT2D eigenvalue weighted by atomic mass is 19.4. The van der Waals surface area contributed by atoms with Gasteiger partial charge in [0.2, 0.25) is 11.7 Å². The van der Waals surface area contributed by atoms with Crippen LogP contribution >= 0.6 is 0 Å². The van der Waals surface area contributed by atoms with Gasteiger partial charge in [0, 0.05) is 6.07 Å². The van der Waals surface area contributed by atoms with Crippen LogP contribution in [0.25, 0.3) is 0 Å². The molecule has 6 nitrogen and oxygen atoms in total. The lowest BCUT2D eigenvalue weighted by atomic mass is 10.1. The van der Waals surface area contributed by atoms with Crippen molar-refractivity contribution in [2.75, 3.05) is 11.1 Å². The second kappa shape index (κ2) is 4.31. The molecule has 1 amide bonds. The van der Waals surface area contributed by atoms with Gasteiger partial charge in [-0.25, -0.2) is 9.97 Å². The fourth-order valence-electron chi connectivity index (χ4n) is 1.04. The van der Waals surface area contributed by atoms with Crippen LogP contribution in [0.15, 0.2) is 6.07 Å². The fourth-order valence-corrected chi connectivity index (χ4v) is 1.04. The Hall–Kier alpha value is -2.06. The molecule has 1 heterocycles. The van der Waals surface area contributed by atoms with E-state index < -0.39 is 23.4 Å². The maximum absolute atomic E-state index is 12.4. The minimum atomic E-state index is -4.72. The Bertz CT molecular complexity index is 472. The first-order valence-corrected chi connectivity index (χ1v) is 4.82. The van der Waals surface area contributed by atoms with Gasteiger partial charge in [-0.3, -0.25) is 4.79 Å². The van der Waals surface area contributed by atoms with Crippen LogP contribution in [0.2, 0.25) is 0 Å². The largest absolute Gasteiger partial charge is 0.451 e. The minimum absolute atomic E-state index is 0.223. The first kappa shape index (κ1) is 14.0. The van der Waals surface area contributed by atoms with Crippen molar-refractivity contribution >= 4 is 17.5 Å². The average molecular weight is 263 g/mol. The van der Waals surface area contributed by atoms with Crippen LogP contribution in [-0.2, 0) is 11.0 Å². The number of primary amides is 1. The Kier molecular flexibility index (Phi) is 3.36. The zero-order valence-electron chi connectivity index (χ0n) is 9.67. The van der Waals surface area contributed by atoms with Gasteiger partial charge in [0.25, 0.3) is 0 Å². The second-order valence-corrected chi connectivity index (χ2v) is 4.11. The van der Waals surface area contributed by atoms with E-state index in [1.165, 1.54) is 13.8 Å². The van der Waals surface area contributed by atoms with Crippen LogP contribution in [0.5, 0.6) is 0 Å². The molecule has 0 fully saturated rings. The molecule has 0 aliphatic heterocycles. The Morgan fingerprint density at radius 1 is 1.33 bits per heavy atom. The molecular formula is C9H12F3N5O. The van der Waals surface area contributed by atoms with E-state index in [9.17, 15) is 18.0 Å². The predicted octanol–water partition coefficient (Wildman–Crippen LogP) is 0.753. The Morgan fingerprint density at radius 2 is 1.89 bits per heavy atom. The quantitative estimate of drug-likeness (QED) is 0.746. The smallest absolute Gasteiger partial charge is 0.384 e. The monoisotopic (exact) mass is 263 g/mol. The molecule has 0 saturated carbocycles. The number of nitrogens with one attached hydrogen (secondary N) is 1. The van der Waals surface area contributed by atoms with E-state index in [2.05, 4.69) is 15.3 Å². The van der Waals surface area contributed by atoms with Gasteiger partial charge in [-0.2, -0.15) is 13.2 Å². The van der Waals surface area contributed by atoms with Crippen molar-refractivity contribution in [1.29, 1.82) is 0 Å². The molecule has 18 heavy (non-hydrogen) atoms. The molecule has 0 bridgehead atoms. The summed E-state index contributed by atoms with van der Waals surface area (Å²) in [6.07, 6.45) is -4.72. The highest BCUT2D eigenvalue weighted by Gasteiger charge is 2.36. The third-order valence-corrected chi connectivity index (χ3v) is 2.06. The highest BCUT2D eigenvalue weighted by Crippen LogP contribution is 2.28. The molecule has 0 aliphatic rings. The van der Waals surface area contributed by atoms with Crippen molar-refractivity contribution in [3.63, 3.8) is 0 Å². The van der Waals surface area contributed by atoms with E-state index in [1.807, 2.05) is 0 Å². The van der Waals surface area contributed by atoms with Gasteiger partial charge in [0.1, 0.15) is 17.2 Å². The average Bonchev–Trinajstić information content (AvgIpc) is 2.13. The van der Waals surface area contributed by atoms with Crippen molar-refractivity contribution in [2.45, 2.75) is 25.6 Å². The number of halogens is 3. The number of nitrogen functional groups attached to an aromatic ring is 1. The molecule has 0 saturated heterocycles. The zero-order valence-corrected chi connectivity index (χ0v) is 9.67. The van der Waals surface area contributed by atoms with Gasteiger partial charge in [-0.05, 0) is 13.8 Å². The van der Waals surface area contributed by atoms with Gasteiger partial charge in [-0.15, -0.1) is 0 Å². The van der Waals surface area contributed by atoms with E-state index in [0.29, 0.717) is 0 Å². The topological polar surface area (TPSA) is 107 Å². The van der Waals surface area contributed by atoms with Crippen LogP contribution < -0.4 is 16.8 Å². The molecule has 0 spiro atoms. The number of anilines is 2. The molecule has 0 aliphatic carbocycles. The van der Waals surface area contributed by atoms with Crippen molar-refractivity contribution in [2.24, 2.45) is 5.73 Å². The number of nitrogens with zero attached hydrogens (tertiary/aromatic N) is 2. The summed E-state index contributed by atoms with van der Waals surface area (Å²) in [6, 6.07) is 1.08. The van der Waals surface area contributed by atoms with Crippen molar-refractivity contribution < 1.29 is 18.0 Å². The number of alkyl halides is 3. The zero-order chi connectivity index (χ0) is 14.1. The first-order chi connectivity index (χ1) is 8.02. The lowest BCUT2D eigenvalue weighted by Crippen LogP contribution is -2.45. The maximum Gasteiger partial charge on any atom is 0.451 e. The van der Waals surface area contributed by atoms with Crippen molar-refractivity contribution in [1.82, 2.24) is 9.97 Å². The van der Waals surface area contributed by atoms with E-state index in [0.717, 1.165) is 6.07 Å². The van der Waals surface area contributed by atoms with E-state index in [-0.39, 0.29) is 11.6 Å². The van der Waals surface area contributed by atoms with Crippen molar-refractivity contribution in [3.8, 4) is 0 Å². The number of nitrogens with two attached hydrogens (primary N) is 2. The van der Waals surface area contributed by atoms with Crippen LogP contribution in [0, 0.1) is 0 Å². The second-order valence-electron chi connectivity index (χ2n) is 4.11. The Balaban J connectivity index is 3.12. The summed E-state index contributed by atoms with van der Waals surface area (Å²) in [5.74, 6) is -2.71. The number of carbonyl (C=O) groups excluding carboxylic acids is 1. The summed E-state index contributed by atoms with van der Waals surface area (Å²) in [5.41, 5.74) is 9.07. The number of aromatic nitrogens is 2. The van der Waals surface area contributed by atoms with Gasteiger partial charge in [0.15, 0.2) is 0 Å². The van der Waals surface area contributed by atoms with Gasteiger partial charge < -0.3 is 16.8 Å². The lowest BCUT2D eigenvalue weighted by molar-refractivity contribution is -0.144. The number of rotatable bonds is 3. The van der Waals surface area contributed by atoms with E-state index >= 15 is 0 Å². The van der Waals surface area contributed by atoms with Crippen LogP contribution in [0.3, 0.4) is 0 Å². The summed E-state index contributed by atoms with van der Waals surface area (Å²) in [4.78, 5) is 17.4. The third-order valence-electron chi connectivity index (χ3n) is 2.06. The van der Waals surface area contributed by atoms with Gasteiger partial charge in [0.05, 0.1) is 0 Å². The summed E-state index contributed by atoms with van der Waals surface area (Å²) >= 11 is 0. The summed E-state index contributed by atoms with van der Waals surface area (Å²) < 4.78 is 37.3. The molecule has 1 aromatic heterocycles. The van der Waals surface area contributed by atoms with Gasteiger partial charge in [-0.1, -0.05) is 0 Å². The SMILES string of the molecule is CC(C)(Nc1cc(N)nc(C(F)(F)F)n1)C(N)=O. The van der Waals surface area contributed by atoms with E-state index in [1.54, 1.807) is 0 Å². The molecule has 5 N–H and O–H groups in total. The highest BCUT2D eigenvalue weighted by molar-refractivity contribution is 5.86. The summed E-state index contributed by atoms with van der Waals surface area (Å²) in [6.45, 7) is 2.81. The van der Waals surface area contributed by atoms with Crippen LogP contribution in [-0.4, -0.2) is 21.4 Å². The third kappa shape index (κ3) is 3.22. The van der Waals surface area contributed by atoms with Gasteiger partial charge >= 0.3 is 6.18 Å². The van der Waals surface area contributed by atoms with Crippen LogP contribution in [0.1, 0.15) is 19.7 Å². The molecule has 100 valence electrons. The fraction of sp³-hybridized carbons (Fsp3) is 0.444. The maximum atomic E-state index is 12.4. The number of hydrogen-bond donors (Lipinski definition) is 3. The molecule has 1 rings (SSSR count). The molecular weight excluding hydrogens is 251 g/mol. The first-order valence-electron chi connectivity index (χ1n) is 4.82. The molecule has 1 aromatic rings. The Labute approximate surface area is 101 Å². The number of carbonyl (C=O) groups is 1. The molecule has 0 aromatic carbocycles. The summed E-state index contributed by atoms with van der Waals surface area (Å²) in [7, 11) is 0. The molecule has 0 unspecified atom stereocenters.